The molecule has 3 aromatic rings. The van der Waals surface area contributed by atoms with Crippen LogP contribution < -0.4 is 5.73 Å². The van der Waals surface area contributed by atoms with E-state index in [1.807, 2.05) is 47.2 Å². The van der Waals surface area contributed by atoms with E-state index in [-0.39, 0.29) is 6.04 Å². The van der Waals surface area contributed by atoms with Gasteiger partial charge in [0, 0.05) is 12.4 Å². The van der Waals surface area contributed by atoms with Crippen LogP contribution in [0.2, 0.25) is 0 Å². The summed E-state index contributed by atoms with van der Waals surface area (Å²) in [6.45, 7) is 2.10. The van der Waals surface area contributed by atoms with Crippen LogP contribution in [0.4, 0.5) is 5.95 Å². The van der Waals surface area contributed by atoms with Crippen LogP contribution in [0.5, 0.6) is 0 Å². The molecule has 18 heavy (non-hydrogen) atoms. The van der Waals surface area contributed by atoms with E-state index in [9.17, 15) is 0 Å². The Morgan fingerprint density at radius 2 is 2.00 bits per heavy atom. The van der Waals surface area contributed by atoms with E-state index < -0.39 is 0 Å². The molecule has 2 heterocycles. The summed E-state index contributed by atoms with van der Waals surface area (Å²) < 4.78 is 2.03. The maximum atomic E-state index is 6.02. The maximum Gasteiger partial charge on any atom is 0.201 e. The van der Waals surface area contributed by atoms with Crippen LogP contribution in [0, 0.1) is 0 Å². The fraction of sp³-hybridized carbons (Fsp3) is 0.143. The van der Waals surface area contributed by atoms with Gasteiger partial charge in [-0.3, -0.25) is 4.98 Å². The Kier molecular flexibility index (Phi) is 2.48. The van der Waals surface area contributed by atoms with Gasteiger partial charge in [0.05, 0.1) is 17.1 Å². The van der Waals surface area contributed by atoms with Gasteiger partial charge in [-0.15, -0.1) is 0 Å². The minimum absolute atomic E-state index is 0.117. The zero-order valence-electron chi connectivity index (χ0n) is 10.1. The van der Waals surface area contributed by atoms with Gasteiger partial charge >= 0.3 is 0 Å². The molecule has 0 spiro atoms. The predicted octanol–water partition coefficient (Wildman–Crippen LogP) is 2.62. The molecule has 1 aromatic carbocycles. The molecule has 2 N–H and O–H groups in total. The van der Waals surface area contributed by atoms with Gasteiger partial charge in [-0.2, -0.15) is 0 Å². The number of imidazole rings is 1. The first kappa shape index (κ1) is 10.8. The van der Waals surface area contributed by atoms with E-state index in [0.29, 0.717) is 5.95 Å². The van der Waals surface area contributed by atoms with E-state index in [1.165, 1.54) is 0 Å². The van der Waals surface area contributed by atoms with Gasteiger partial charge in [0.2, 0.25) is 5.95 Å². The Balaban J connectivity index is 2.17. The summed E-state index contributed by atoms with van der Waals surface area (Å²) >= 11 is 0. The first-order chi connectivity index (χ1) is 8.77. The first-order valence-electron chi connectivity index (χ1n) is 5.90. The molecule has 0 aliphatic carbocycles. The summed E-state index contributed by atoms with van der Waals surface area (Å²) in [6.07, 6.45) is 3.63. The molecule has 0 fully saturated rings. The maximum absolute atomic E-state index is 6.02. The molecule has 0 aliphatic heterocycles. The Labute approximate surface area is 105 Å². The van der Waals surface area contributed by atoms with Crippen LogP contribution in [-0.2, 0) is 0 Å². The van der Waals surface area contributed by atoms with Crippen molar-refractivity contribution in [1.29, 1.82) is 0 Å². The molecule has 0 bridgehead atoms. The van der Waals surface area contributed by atoms with Gasteiger partial charge in [0.15, 0.2) is 0 Å². The minimum atomic E-state index is 0.117. The molecule has 2 aromatic heterocycles. The molecule has 0 saturated heterocycles. The van der Waals surface area contributed by atoms with Crippen LogP contribution >= 0.6 is 0 Å². The molecule has 0 radical (unpaired) electrons. The fourth-order valence-corrected chi connectivity index (χ4v) is 2.24. The number of benzene rings is 1. The summed E-state index contributed by atoms with van der Waals surface area (Å²) in [6, 6.07) is 12.1. The zero-order chi connectivity index (χ0) is 12.5. The average molecular weight is 238 g/mol. The number of nitrogens with two attached hydrogens (primary N) is 1. The summed E-state index contributed by atoms with van der Waals surface area (Å²) in [7, 11) is 0. The van der Waals surface area contributed by atoms with Crippen LogP contribution in [0.15, 0.2) is 48.8 Å². The van der Waals surface area contributed by atoms with Crippen molar-refractivity contribution >= 4 is 17.0 Å². The van der Waals surface area contributed by atoms with Crippen LogP contribution in [-0.4, -0.2) is 14.5 Å². The van der Waals surface area contributed by atoms with Crippen molar-refractivity contribution in [3.8, 4) is 0 Å². The Morgan fingerprint density at radius 3 is 2.78 bits per heavy atom. The highest BCUT2D eigenvalue weighted by molar-refractivity contribution is 5.78. The smallest absolute Gasteiger partial charge is 0.201 e. The second-order valence-electron chi connectivity index (χ2n) is 4.29. The second-order valence-corrected chi connectivity index (χ2v) is 4.29. The van der Waals surface area contributed by atoms with Gasteiger partial charge in [0.25, 0.3) is 0 Å². The van der Waals surface area contributed by atoms with E-state index in [4.69, 9.17) is 5.73 Å². The highest BCUT2D eigenvalue weighted by atomic mass is 15.2. The average Bonchev–Trinajstić information content (AvgIpc) is 2.75. The lowest BCUT2D eigenvalue weighted by molar-refractivity contribution is 0.665. The highest BCUT2D eigenvalue weighted by Crippen LogP contribution is 2.26. The minimum Gasteiger partial charge on any atom is -0.369 e. The third kappa shape index (κ3) is 1.62. The normalized spacial score (nSPS) is 12.7. The van der Waals surface area contributed by atoms with E-state index in [2.05, 4.69) is 16.9 Å². The van der Waals surface area contributed by atoms with Crippen LogP contribution in [0.1, 0.15) is 18.5 Å². The summed E-state index contributed by atoms with van der Waals surface area (Å²) in [4.78, 5) is 8.53. The van der Waals surface area contributed by atoms with Gasteiger partial charge in [-0.1, -0.05) is 18.2 Å². The topological polar surface area (TPSA) is 56.7 Å². The molecule has 1 atom stereocenters. The lowest BCUT2D eigenvalue weighted by Gasteiger charge is -2.15. The van der Waals surface area contributed by atoms with Crippen molar-refractivity contribution < 1.29 is 0 Å². The third-order valence-electron chi connectivity index (χ3n) is 3.18. The van der Waals surface area contributed by atoms with Crippen molar-refractivity contribution in [3.05, 3.63) is 54.4 Å². The number of nitrogens with zero attached hydrogens (tertiary/aromatic N) is 3. The highest BCUT2D eigenvalue weighted by Gasteiger charge is 2.14. The fourth-order valence-electron chi connectivity index (χ4n) is 2.24. The lowest BCUT2D eigenvalue weighted by atomic mass is 10.1. The molecule has 4 heteroatoms. The predicted molar refractivity (Wildman–Crippen MR) is 72.2 cm³/mol. The second kappa shape index (κ2) is 4.14. The Hall–Kier alpha value is -2.36. The molecular weight excluding hydrogens is 224 g/mol. The molecule has 90 valence electrons. The SMILES string of the molecule is CC(c1cccnc1)n1c(N)nc2ccccc21. The molecule has 3 rings (SSSR count). The van der Waals surface area contributed by atoms with Crippen molar-refractivity contribution in [2.45, 2.75) is 13.0 Å². The van der Waals surface area contributed by atoms with Crippen molar-refractivity contribution in [2.75, 3.05) is 5.73 Å². The summed E-state index contributed by atoms with van der Waals surface area (Å²) in [5.41, 5.74) is 9.11. The van der Waals surface area contributed by atoms with Crippen molar-refractivity contribution in [1.82, 2.24) is 14.5 Å². The monoisotopic (exact) mass is 238 g/mol. The molecular formula is C14H14N4. The lowest BCUT2D eigenvalue weighted by Crippen LogP contribution is -2.10. The molecule has 1 unspecified atom stereocenters. The van der Waals surface area contributed by atoms with Gasteiger partial charge in [-0.25, -0.2) is 4.98 Å². The number of aromatic nitrogens is 3. The van der Waals surface area contributed by atoms with E-state index >= 15 is 0 Å². The van der Waals surface area contributed by atoms with E-state index in [1.54, 1.807) is 6.20 Å². The number of hydrogen-bond acceptors (Lipinski definition) is 3. The zero-order valence-corrected chi connectivity index (χ0v) is 10.1. The van der Waals surface area contributed by atoms with Crippen molar-refractivity contribution in [3.63, 3.8) is 0 Å². The number of nitrogen functional groups attached to an aromatic ring is 1. The standard InChI is InChI=1S/C14H14N4/c1-10(11-5-4-8-16-9-11)18-13-7-3-2-6-12(13)17-14(18)15/h2-10H,1H3,(H2,15,17). The summed E-state index contributed by atoms with van der Waals surface area (Å²) in [5, 5.41) is 0. The number of anilines is 1. The van der Waals surface area contributed by atoms with Gasteiger partial charge < -0.3 is 10.3 Å². The van der Waals surface area contributed by atoms with Crippen molar-refractivity contribution in [2.24, 2.45) is 0 Å². The number of rotatable bonds is 2. The number of fused-ring (bicyclic) bond motifs is 1. The molecule has 0 aliphatic rings. The van der Waals surface area contributed by atoms with Crippen LogP contribution in [0.25, 0.3) is 11.0 Å². The molecule has 0 saturated carbocycles. The number of hydrogen-bond donors (Lipinski definition) is 1. The quantitative estimate of drug-likeness (QED) is 0.746. The summed E-state index contributed by atoms with van der Waals surface area (Å²) in [5.74, 6) is 0.535. The third-order valence-corrected chi connectivity index (χ3v) is 3.18. The van der Waals surface area contributed by atoms with Gasteiger partial charge in [-0.05, 0) is 30.7 Å². The van der Waals surface area contributed by atoms with Crippen LogP contribution in [0.3, 0.4) is 0 Å². The van der Waals surface area contributed by atoms with Gasteiger partial charge in [0.1, 0.15) is 0 Å². The number of para-hydroxylation sites is 2. The Morgan fingerprint density at radius 1 is 1.17 bits per heavy atom. The molecule has 0 amide bonds. The first-order valence-corrected chi connectivity index (χ1v) is 5.90. The Bertz CT molecular complexity index is 673. The largest absolute Gasteiger partial charge is 0.369 e. The van der Waals surface area contributed by atoms with E-state index in [0.717, 1.165) is 16.6 Å². The number of pyridine rings is 1. The molecule has 4 nitrogen and oxygen atoms in total.